The van der Waals surface area contributed by atoms with E-state index in [9.17, 15) is 4.79 Å². The maximum Gasteiger partial charge on any atom is 0.166 e. The smallest absolute Gasteiger partial charge is 0.166 e. The predicted molar refractivity (Wildman–Crippen MR) is 85.2 cm³/mol. The molecule has 100 valence electrons. The van der Waals surface area contributed by atoms with Crippen LogP contribution in [-0.2, 0) is 0 Å². The zero-order valence-electron chi connectivity index (χ0n) is 11.9. The average Bonchev–Trinajstić information content (AvgIpc) is 2.52. The zero-order valence-corrected chi connectivity index (χ0v) is 11.9. The first-order valence-corrected chi connectivity index (χ1v) is 7.17. The summed E-state index contributed by atoms with van der Waals surface area (Å²) in [5.41, 5.74) is 0.855. The van der Waals surface area contributed by atoms with Crippen molar-refractivity contribution in [3.8, 4) is 0 Å². The number of ketones is 1. The van der Waals surface area contributed by atoms with Gasteiger partial charge >= 0.3 is 0 Å². The Hall–Kier alpha value is -2.15. The summed E-state index contributed by atoms with van der Waals surface area (Å²) in [4.78, 5) is 12.6. The zero-order chi connectivity index (χ0) is 14.1. The topological polar surface area (TPSA) is 17.1 Å². The summed E-state index contributed by atoms with van der Waals surface area (Å²) in [6.45, 7) is 4.07. The lowest BCUT2D eigenvalue weighted by Gasteiger charge is -2.12. The van der Waals surface area contributed by atoms with Gasteiger partial charge in [-0.3, -0.25) is 4.79 Å². The number of fused-ring (bicyclic) bond motifs is 3. The number of Topliss-reactive ketones (excluding diaryl/α,β-unsaturated/α-hetero) is 1. The van der Waals surface area contributed by atoms with Crippen molar-refractivity contribution in [1.29, 1.82) is 0 Å². The molecule has 0 bridgehead atoms. The molecule has 0 radical (unpaired) electrons. The van der Waals surface area contributed by atoms with Crippen molar-refractivity contribution in [2.45, 2.75) is 20.3 Å². The van der Waals surface area contributed by atoms with Crippen molar-refractivity contribution in [1.82, 2.24) is 0 Å². The van der Waals surface area contributed by atoms with E-state index in [0.717, 1.165) is 28.1 Å². The minimum absolute atomic E-state index is 0.0690. The van der Waals surface area contributed by atoms with Crippen LogP contribution in [0.25, 0.3) is 21.5 Å². The molecule has 20 heavy (non-hydrogen) atoms. The highest BCUT2D eigenvalue weighted by Gasteiger charge is 2.17. The van der Waals surface area contributed by atoms with Crippen molar-refractivity contribution in [3.63, 3.8) is 0 Å². The molecule has 0 aromatic heterocycles. The highest BCUT2D eigenvalue weighted by molar-refractivity contribution is 6.17. The monoisotopic (exact) mass is 262 g/mol. The highest BCUT2D eigenvalue weighted by atomic mass is 16.1. The van der Waals surface area contributed by atoms with Crippen molar-refractivity contribution in [2.24, 2.45) is 5.92 Å². The molecule has 0 saturated carbocycles. The third-order valence-electron chi connectivity index (χ3n) is 4.09. The molecule has 0 amide bonds. The maximum absolute atomic E-state index is 12.6. The summed E-state index contributed by atoms with van der Waals surface area (Å²) in [6.07, 6.45) is 0.875. The second-order valence-electron chi connectivity index (χ2n) is 5.36. The lowest BCUT2D eigenvalue weighted by Crippen LogP contribution is -2.10. The minimum Gasteiger partial charge on any atom is -0.294 e. The quantitative estimate of drug-likeness (QED) is 0.467. The Morgan fingerprint density at radius 2 is 1.55 bits per heavy atom. The molecule has 0 aliphatic heterocycles. The minimum atomic E-state index is 0.0690. The first-order valence-electron chi connectivity index (χ1n) is 7.17. The summed E-state index contributed by atoms with van der Waals surface area (Å²) >= 11 is 0. The fourth-order valence-corrected chi connectivity index (χ4v) is 2.71. The number of carbonyl (C=O) groups is 1. The Kier molecular flexibility index (Phi) is 3.27. The molecule has 1 unspecified atom stereocenters. The van der Waals surface area contributed by atoms with Crippen LogP contribution in [0, 0.1) is 5.92 Å². The van der Waals surface area contributed by atoms with E-state index in [4.69, 9.17) is 0 Å². The van der Waals surface area contributed by atoms with Crippen molar-refractivity contribution in [3.05, 3.63) is 60.2 Å². The second-order valence-corrected chi connectivity index (χ2v) is 5.36. The van der Waals surface area contributed by atoms with E-state index >= 15 is 0 Å². The van der Waals surface area contributed by atoms with Crippen LogP contribution >= 0.6 is 0 Å². The molecule has 3 rings (SSSR count). The normalized spacial score (nSPS) is 12.7. The number of hydrogen-bond donors (Lipinski definition) is 0. The van der Waals surface area contributed by atoms with Crippen LogP contribution in [0.1, 0.15) is 30.6 Å². The van der Waals surface area contributed by atoms with E-state index in [1.165, 1.54) is 5.39 Å². The van der Waals surface area contributed by atoms with Crippen LogP contribution in [0.3, 0.4) is 0 Å². The van der Waals surface area contributed by atoms with Crippen LogP contribution in [-0.4, -0.2) is 5.78 Å². The first kappa shape index (κ1) is 12.9. The molecule has 0 spiro atoms. The number of carbonyl (C=O) groups excluding carboxylic acids is 1. The van der Waals surface area contributed by atoms with Crippen molar-refractivity contribution >= 4 is 27.3 Å². The van der Waals surface area contributed by atoms with Crippen LogP contribution < -0.4 is 0 Å². The predicted octanol–water partition coefficient (Wildman–Crippen LogP) is 5.22. The number of hydrogen-bond acceptors (Lipinski definition) is 1. The molecular formula is C19H18O. The third-order valence-corrected chi connectivity index (χ3v) is 4.09. The summed E-state index contributed by atoms with van der Waals surface area (Å²) in [6, 6.07) is 18.5. The molecule has 0 saturated heterocycles. The van der Waals surface area contributed by atoms with Crippen molar-refractivity contribution < 1.29 is 4.79 Å². The van der Waals surface area contributed by atoms with Gasteiger partial charge in [-0.25, -0.2) is 0 Å². The van der Waals surface area contributed by atoms with Gasteiger partial charge in [-0.15, -0.1) is 0 Å². The van der Waals surface area contributed by atoms with Crippen molar-refractivity contribution in [2.75, 3.05) is 0 Å². The average molecular weight is 262 g/mol. The second kappa shape index (κ2) is 5.09. The third kappa shape index (κ3) is 2.00. The molecule has 1 heteroatoms. The van der Waals surface area contributed by atoms with Gasteiger partial charge in [0.05, 0.1) is 0 Å². The molecule has 3 aromatic carbocycles. The molecule has 0 N–H and O–H groups in total. The molecule has 0 aliphatic carbocycles. The summed E-state index contributed by atoms with van der Waals surface area (Å²) in [5.74, 6) is 0.314. The molecule has 1 atom stereocenters. The summed E-state index contributed by atoms with van der Waals surface area (Å²) in [5, 5.41) is 4.58. The lowest BCUT2D eigenvalue weighted by molar-refractivity contribution is 0.0929. The largest absolute Gasteiger partial charge is 0.294 e. The Morgan fingerprint density at radius 1 is 0.950 bits per heavy atom. The Morgan fingerprint density at radius 3 is 2.25 bits per heavy atom. The lowest BCUT2D eigenvalue weighted by atomic mass is 9.90. The fourth-order valence-electron chi connectivity index (χ4n) is 2.71. The van der Waals surface area contributed by atoms with E-state index in [1.807, 2.05) is 37.3 Å². The standard InChI is InChI=1S/C19H18O/c1-3-13(2)19(20)18-12-14-8-4-5-9-15(14)16-10-6-7-11-17(16)18/h4-13H,3H2,1-2H3. The van der Waals surface area contributed by atoms with E-state index in [1.54, 1.807) is 0 Å². The highest BCUT2D eigenvalue weighted by Crippen LogP contribution is 2.30. The SMILES string of the molecule is CCC(C)C(=O)c1cc2ccccc2c2ccccc12. The Balaban J connectivity index is 2.37. The van der Waals surface area contributed by atoms with Gasteiger partial charge < -0.3 is 0 Å². The molecular weight excluding hydrogens is 244 g/mol. The van der Waals surface area contributed by atoms with Crippen LogP contribution in [0.2, 0.25) is 0 Å². The molecule has 3 aromatic rings. The van der Waals surface area contributed by atoms with Gasteiger partial charge in [-0.1, -0.05) is 62.4 Å². The molecule has 0 heterocycles. The van der Waals surface area contributed by atoms with Gasteiger partial charge in [-0.05, 0) is 34.0 Å². The van der Waals surface area contributed by atoms with Gasteiger partial charge in [-0.2, -0.15) is 0 Å². The molecule has 1 nitrogen and oxygen atoms in total. The summed E-state index contributed by atoms with van der Waals surface area (Å²) < 4.78 is 0. The van der Waals surface area contributed by atoms with E-state index < -0.39 is 0 Å². The van der Waals surface area contributed by atoms with Gasteiger partial charge in [0.15, 0.2) is 5.78 Å². The van der Waals surface area contributed by atoms with Gasteiger partial charge in [0, 0.05) is 11.5 Å². The fraction of sp³-hybridized carbons (Fsp3) is 0.211. The van der Waals surface area contributed by atoms with Gasteiger partial charge in [0.1, 0.15) is 0 Å². The molecule has 0 aliphatic rings. The number of rotatable bonds is 3. The van der Waals surface area contributed by atoms with E-state index in [-0.39, 0.29) is 11.7 Å². The Bertz CT molecular complexity index is 786. The summed E-state index contributed by atoms with van der Waals surface area (Å²) in [7, 11) is 0. The number of benzene rings is 3. The van der Waals surface area contributed by atoms with Crippen LogP contribution in [0.15, 0.2) is 54.6 Å². The molecule has 0 fully saturated rings. The Labute approximate surface area is 119 Å². The maximum atomic E-state index is 12.6. The van der Waals surface area contributed by atoms with Crippen LogP contribution in [0.5, 0.6) is 0 Å². The van der Waals surface area contributed by atoms with Gasteiger partial charge in [0.2, 0.25) is 0 Å². The van der Waals surface area contributed by atoms with E-state index in [2.05, 4.69) is 31.2 Å². The first-order chi connectivity index (χ1) is 9.72. The van der Waals surface area contributed by atoms with Crippen LogP contribution in [0.4, 0.5) is 0 Å². The van der Waals surface area contributed by atoms with Gasteiger partial charge in [0.25, 0.3) is 0 Å². The van der Waals surface area contributed by atoms with E-state index in [0.29, 0.717) is 0 Å².